The molecule has 25 heavy (non-hydrogen) atoms. The molecule has 2 aromatic rings. The third kappa shape index (κ3) is 4.24. The van der Waals surface area contributed by atoms with E-state index in [1.165, 1.54) is 44.6 Å². The van der Waals surface area contributed by atoms with Crippen LogP contribution >= 0.6 is 11.6 Å². The Bertz CT molecular complexity index is 865. The highest BCUT2D eigenvalue weighted by atomic mass is 35.5. The molecular weight excluding hydrogens is 366 g/mol. The van der Waals surface area contributed by atoms with Crippen LogP contribution in [0, 0.1) is 6.92 Å². The minimum absolute atomic E-state index is 0.0638. The minimum Gasteiger partial charge on any atom is -0.495 e. The molecule has 0 amide bonds. The molecule has 134 valence electrons. The minimum atomic E-state index is -3.98. The van der Waals surface area contributed by atoms with Gasteiger partial charge in [0.1, 0.15) is 12.3 Å². The van der Waals surface area contributed by atoms with E-state index < -0.39 is 22.5 Å². The summed E-state index contributed by atoms with van der Waals surface area (Å²) < 4.78 is 36.7. The Balaban J connectivity index is 2.53. The first kappa shape index (κ1) is 19.1. The van der Waals surface area contributed by atoms with Gasteiger partial charge in [-0.15, -0.1) is 0 Å². The zero-order valence-corrected chi connectivity index (χ0v) is 15.6. The van der Waals surface area contributed by atoms with Crippen LogP contribution in [0.3, 0.4) is 0 Å². The predicted molar refractivity (Wildman–Crippen MR) is 95.7 cm³/mol. The number of aryl methyl sites for hydroxylation is 1. The molecule has 0 heterocycles. The molecule has 0 atom stereocenters. The van der Waals surface area contributed by atoms with Gasteiger partial charge in [0.15, 0.2) is 0 Å². The Morgan fingerprint density at radius 3 is 2.28 bits per heavy atom. The molecule has 0 radical (unpaired) electrons. The van der Waals surface area contributed by atoms with Crippen LogP contribution in [-0.2, 0) is 19.6 Å². The summed E-state index contributed by atoms with van der Waals surface area (Å²) in [4.78, 5) is 11.8. The summed E-state index contributed by atoms with van der Waals surface area (Å²) in [6.07, 6.45) is 0. The highest BCUT2D eigenvalue weighted by Crippen LogP contribution is 2.31. The monoisotopic (exact) mass is 383 g/mol. The number of halogens is 1. The van der Waals surface area contributed by atoms with Crippen molar-refractivity contribution < 1.29 is 22.7 Å². The van der Waals surface area contributed by atoms with Gasteiger partial charge in [-0.2, -0.15) is 0 Å². The van der Waals surface area contributed by atoms with Crippen LogP contribution < -0.4 is 9.04 Å². The molecule has 0 aliphatic carbocycles. The van der Waals surface area contributed by atoms with E-state index in [9.17, 15) is 13.2 Å². The number of hydrogen-bond acceptors (Lipinski definition) is 5. The molecule has 0 aliphatic heterocycles. The summed E-state index contributed by atoms with van der Waals surface area (Å²) in [7, 11) is -1.33. The second-order valence-corrected chi connectivity index (χ2v) is 7.49. The molecule has 0 aromatic heterocycles. The van der Waals surface area contributed by atoms with E-state index >= 15 is 0 Å². The van der Waals surface area contributed by atoms with Crippen LogP contribution in [0.15, 0.2) is 47.4 Å². The average Bonchev–Trinajstić information content (AvgIpc) is 2.59. The van der Waals surface area contributed by atoms with E-state index in [1.807, 2.05) is 6.92 Å². The van der Waals surface area contributed by atoms with Crippen molar-refractivity contribution in [3.63, 3.8) is 0 Å². The summed E-state index contributed by atoms with van der Waals surface area (Å²) in [5.41, 5.74) is 1.16. The van der Waals surface area contributed by atoms with Crippen LogP contribution in [0.2, 0.25) is 5.02 Å². The number of methoxy groups -OCH3 is 2. The summed E-state index contributed by atoms with van der Waals surface area (Å²) >= 11 is 6.10. The van der Waals surface area contributed by atoms with Crippen molar-refractivity contribution in [2.75, 3.05) is 25.1 Å². The predicted octanol–water partition coefficient (Wildman–Crippen LogP) is 3.03. The molecule has 0 fully saturated rings. The van der Waals surface area contributed by atoms with Crippen LogP contribution in [0.4, 0.5) is 5.69 Å². The van der Waals surface area contributed by atoms with E-state index in [4.69, 9.17) is 16.3 Å². The molecule has 0 aliphatic rings. The van der Waals surface area contributed by atoms with Crippen LogP contribution in [0.25, 0.3) is 0 Å². The summed E-state index contributed by atoms with van der Waals surface area (Å²) in [5.74, 6) is -0.293. The van der Waals surface area contributed by atoms with Crippen molar-refractivity contribution in [2.45, 2.75) is 11.8 Å². The van der Waals surface area contributed by atoms with Gasteiger partial charge in [0.05, 0.1) is 29.8 Å². The third-order valence-corrected chi connectivity index (χ3v) is 5.62. The van der Waals surface area contributed by atoms with Gasteiger partial charge in [0, 0.05) is 0 Å². The van der Waals surface area contributed by atoms with Crippen LogP contribution in [0.5, 0.6) is 5.75 Å². The molecule has 0 saturated carbocycles. The standard InChI is InChI=1S/C17H18ClNO5S/c1-12-4-7-14(8-5-12)25(21,22)19(11-17(20)24-3)13-6-9-16(23-2)15(18)10-13/h4-10H,11H2,1-3H3. The normalized spacial score (nSPS) is 11.0. The Morgan fingerprint density at radius 2 is 1.76 bits per heavy atom. The molecule has 2 aromatic carbocycles. The fourth-order valence-corrected chi connectivity index (χ4v) is 3.80. The topological polar surface area (TPSA) is 72.9 Å². The Labute approximate surface area is 152 Å². The number of ether oxygens (including phenoxy) is 2. The summed E-state index contributed by atoms with van der Waals surface area (Å²) in [5, 5.41) is 0.231. The number of nitrogens with zero attached hydrogens (tertiary/aromatic N) is 1. The van der Waals surface area contributed by atoms with Crippen molar-refractivity contribution in [2.24, 2.45) is 0 Å². The zero-order chi connectivity index (χ0) is 18.6. The maximum absolute atomic E-state index is 13.0. The van der Waals surface area contributed by atoms with Crippen molar-refractivity contribution in [3.8, 4) is 5.75 Å². The molecule has 8 heteroatoms. The Morgan fingerprint density at radius 1 is 1.12 bits per heavy atom. The largest absolute Gasteiger partial charge is 0.495 e. The number of sulfonamides is 1. The first-order valence-electron chi connectivity index (χ1n) is 7.29. The third-order valence-electron chi connectivity index (χ3n) is 3.53. The van der Waals surface area contributed by atoms with Crippen molar-refractivity contribution in [1.82, 2.24) is 0 Å². The first-order valence-corrected chi connectivity index (χ1v) is 9.11. The summed E-state index contributed by atoms with van der Waals surface area (Å²) in [6, 6.07) is 10.8. The highest BCUT2D eigenvalue weighted by Gasteiger charge is 2.28. The fraction of sp³-hybridized carbons (Fsp3) is 0.235. The lowest BCUT2D eigenvalue weighted by Crippen LogP contribution is -2.36. The van der Waals surface area contributed by atoms with Gasteiger partial charge in [-0.3, -0.25) is 9.10 Å². The van der Waals surface area contributed by atoms with Crippen molar-refractivity contribution in [3.05, 3.63) is 53.1 Å². The van der Waals surface area contributed by atoms with Gasteiger partial charge in [-0.1, -0.05) is 29.3 Å². The maximum atomic E-state index is 13.0. The molecule has 0 saturated heterocycles. The quantitative estimate of drug-likeness (QED) is 0.717. The molecule has 6 nitrogen and oxygen atoms in total. The van der Waals surface area contributed by atoms with Gasteiger partial charge in [0.25, 0.3) is 10.0 Å². The average molecular weight is 384 g/mol. The van der Waals surface area contributed by atoms with E-state index in [-0.39, 0.29) is 15.6 Å². The lowest BCUT2D eigenvalue weighted by atomic mass is 10.2. The van der Waals surface area contributed by atoms with E-state index in [0.29, 0.717) is 5.75 Å². The molecule has 0 unspecified atom stereocenters. The van der Waals surface area contributed by atoms with Gasteiger partial charge < -0.3 is 9.47 Å². The van der Waals surface area contributed by atoms with Gasteiger partial charge in [0.2, 0.25) is 0 Å². The lowest BCUT2D eigenvalue weighted by Gasteiger charge is -2.24. The molecular formula is C17H18ClNO5S. The number of carbonyl (C=O) groups is 1. The molecule has 0 spiro atoms. The zero-order valence-electron chi connectivity index (χ0n) is 14.0. The number of rotatable bonds is 6. The number of benzene rings is 2. The fourth-order valence-electron chi connectivity index (χ4n) is 2.14. The number of carbonyl (C=O) groups excluding carboxylic acids is 1. The molecule has 0 bridgehead atoms. The lowest BCUT2D eigenvalue weighted by molar-refractivity contribution is -0.138. The SMILES string of the molecule is COC(=O)CN(c1ccc(OC)c(Cl)c1)S(=O)(=O)c1ccc(C)cc1. The van der Waals surface area contributed by atoms with E-state index in [0.717, 1.165) is 9.87 Å². The van der Waals surface area contributed by atoms with Gasteiger partial charge in [-0.05, 0) is 37.3 Å². The molecule has 2 rings (SSSR count). The second-order valence-electron chi connectivity index (χ2n) is 5.22. The van der Waals surface area contributed by atoms with Gasteiger partial charge in [-0.25, -0.2) is 8.42 Å². The first-order chi connectivity index (χ1) is 11.8. The number of anilines is 1. The number of hydrogen-bond donors (Lipinski definition) is 0. The van der Waals surface area contributed by atoms with E-state index in [1.54, 1.807) is 12.1 Å². The smallest absolute Gasteiger partial charge is 0.326 e. The van der Waals surface area contributed by atoms with Crippen LogP contribution in [0.1, 0.15) is 5.56 Å². The Kier molecular flexibility index (Phi) is 5.92. The maximum Gasteiger partial charge on any atom is 0.326 e. The van der Waals surface area contributed by atoms with Crippen molar-refractivity contribution in [1.29, 1.82) is 0 Å². The Hall–Kier alpha value is -2.25. The van der Waals surface area contributed by atoms with Crippen molar-refractivity contribution >= 4 is 33.3 Å². The highest BCUT2D eigenvalue weighted by molar-refractivity contribution is 7.92. The number of esters is 1. The van der Waals surface area contributed by atoms with Gasteiger partial charge >= 0.3 is 5.97 Å². The van der Waals surface area contributed by atoms with E-state index in [2.05, 4.69) is 4.74 Å². The second kappa shape index (κ2) is 7.76. The van der Waals surface area contributed by atoms with Crippen LogP contribution in [-0.4, -0.2) is 35.2 Å². The molecule has 0 N–H and O–H groups in total. The summed E-state index contributed by atoms with van der Waals surface area (Å²) in [6.45, 7) is 1.38.